The molecule has 1 atom stereocenters. The SMILES string of the molecule is Cc1ccc(CN(C(=O)CN(c2cc(Cl)ccc2C)S(=O)(=O)c2ccccc2)[C@H](C)C(=O)NC2CCCCC2)cc1. The maximum Gasteiger partial charge on any atom is 0.264 e. The standard InChI is InChI=1S/C32H38ClN3O4S/c1-23-14-17-26(18-15-23)21-35(25(3)32(38)34-28-10-6-4-7-11-28)31(37)22-36(30-20-27(33)19-16-24(30)2)41(39,40)29-12-8-5-9-13-29/h5,8-9,12-20,25,28H,4,6-7,10-11,21-22H2,1-3H3,(H,34,38)/t25-/m1/s1. The number of amides is 2. The van der Waals surface area contributed by atoms with Crippen LogP contribution in [0.15, 0.2) is 77.7 Å². The van der Waals surface area contributed by atoms with Crippen molar-refractivity contribution in [3.63, 3.8) is 0 Å². The molecular formula is C32H38ClN3O4S. The van der Waals surface area contributed by atoms with Gasteiger partial charge in [0.05, 0.1) is 10.6 Å². The van der Waals surface area contributed by atoms with E-state index < -0.39 is 28.5 Å². The van der Waals surface area contributed by atoms with Crippen molar-refractivity contribution >= 4 is 39.1 Å². The minimum atomic E-state index is -4.14. The molecule has 2 amide bonds. The molecule has 7 nitrogen and oxygen atoms in total. The predicted molar refractivity (Wildman–Crippen MR) is 163 cm³/mol. The molecule has 0 bridgehead atoms. The number of anilines is 1. The number of carbonyl (C=O) groups excluding carboxylic acids is 2. The molecule has 218 valence electrons. The van der Waals surface area contributed by atoms with E-state index in [0.29, 0.717) is 16.3 Å². The molecule has 41 heavy (non-hydrogen) atoms. The lowest BCUT2D eigenvalue weighted by atomic mass is 9.95. The Morgan fingerprint density at radius 1 is 0.951 bits per heavy atom. The molecule has 0 radical (unpaired) electrons. The molecule has 0 spiro atoms. The molecule has 0 unspecified atom stereocenters. The van der Waals surface area contributed by atoms with Gasteiger partial charge in [-0.05, 0) is 69.0 Å². The number of halogens is 1. The second kappa shape index (κ2) is 13.5. The molecule has 9 heteroatoms. The van der Waals surface area contributed by atoms with E-state index in [1.165, 1.54) is 17.0 Å². The van der Waals surface area contributed by atoms with Crippen LogP contribution in [0.1, 0.15) is 55.7 Å². The van der Waals surface area contributed by atoms with Crippen molar-refractivity contribution in [1.29, 1.82) is 0 Å². The van der Waals surface area contributed by atoms with Crippen LogP contribution >= 0.6 is 11.6 Å². The third-order valence-corrected chi connectivity index (χ3v) is 9.65. The monoisotopic (exact) mass is 595 g/mol. The zero-order chi connectivity index (χ0) is 29.6. The minimum absolute atomic E-state index is 0.0559. The van der Waals surface area contributed by atoms with Gasteiger partial charge in [0, 0.05) is 17.6 Å². The van der Waals surface area contributed by atoms with Gasteiger partial charge >= 0.3 is 0 Å². The molecule has 3 aromatic rings. The van der Waals surface area contributed by atoms with Crippen molar-refractivity contribution in [2.24, 2.45) is 0 Å². The van der Waals surface area contributed by atoms with Gasteiger partial charge < -0.3 is 10.2 Å². The highest BCUT2D eigenvalue weighted by molar-refractivity contribution is 7.92. The van der Waals surface area contributed by atoms with Gasteiger partial charge in [0.25, 0.3) is 10.0 Å². The van der Waals surface area contributed by atoms with Gasteiger partial charge in [0.2, 0.25) is 11.8 Å². The van der Waals surface area contributed by atoms with Crippen molar-refractivity contribution in [2.75, 3.05) is 10.8 Å². The summed E-state index contributed by atoms with van der Waals surface area (Å²) in [6.45, 7) is 5.11. The number of rotatable bonds is 10. The van der Waals surface area contributed by atoms with Crippen molar-refractivity contribution in [3.05, 3.63) is 94.5 Å². The Bertz CT molecular complexity index is 1460. The summed E-state index contributed by atoms with van der Waals surface area (Å²) >= 11 is 6.29. The van der Waals surface area contributed by atoms with E-state index in [2.05, 4.69) is 5.32 Å². The molecule has 0 aliphatic heterocycles. The highest BCUT2D eigenvalue weighted by atomic mass is 35.5. The van der Waals surface area contributed by atoms with E-state index >= 15 is 0 Å². The summed E-state index contributed by atoms with van der Waals surface area (Å²) in [4.78, 5) is 29.1. The van der Waals surface area contributed by atoms with Crippen LogP contribution in [0.4, 0.5) is 5.69 Å². The number of hydrogen-bond acceptors (Lipinski definition) is 4. The van der Waals surface area contributed by atoms with Crippen LogP contribution in [0.5, 0.6) is 0 Å². The fourth-order valence-corrected chi connectivity index (χ4v) is 6.78. The van der Waals surface area contributed by atoms with Crippen LogP contribution in [0.25, 0.3) is 0 Å². The fraction of sp³-hybridized carbons (Fsp3) is 0.375. The predicted octanol–water partition coefficient (Wildman–Crippen LogP) is 6.02. The highest BCUT2D eigenvalue weighted by Crippen LogP contribution is 2.30. The van der Waals surface area contributed by atoms with Gasteiger partial charge in [-0.15, -0.1) is 0 Å². The summed E-state index contributed by atoms with van der Waals surface area (Å²) < 4.78 is 29.0. The quantitative estimate of drug-likeness (QED) is 0.311. The molecule has 4 rings (SSSR count). The smallest absolute Gasteiger partial charge is 0.264 e. The van der Waals surface area contributed by atoms with E-state index in [0.717, 1.165) is 47.5 Å². The first-order valence-electron chi connectivity index (χ1n) is 14.1. The third kappa shape index (κ3) is 7.68. The number of benzene rings is 3. The molecule has 1 saturated carbocycles. The second-order valence-electron chi connectivity index (χ2n) is 10.8. The average molecular weight is 596 g/mol. The summed E-state index contributed by atoms with van der Waals surface area (Å²) in [6, 6.07) is 20.0. The zero-order valence-corrected chi connectivity index (χ0v) is 25.4. The van der Waals surface area contributed by atoms with Gasteiger partial charge in [0.15, 0.2) is 0 Å². The van der Waals surface area contributed by atoms with Gasteiger partial charge in [-0.25, -0.2) is 8.42 Å². The zero-order valence-electron chi connectivity index (χ0n) is 23.8. The Kier molecular flexibility index (Phi) is 10.1. The normalized spacial score (nSPS) is 14.7. The van der Waals surface area contributed by atoms with Gasteiger partial charge in [0.1, 0.15) is 12.6 Å². The summed E-state index contributed by atoms with van der Waals surface area (Å²) in [6.07, 6.45) is 5.13. The van der Waals surface area contributed by atoms with Gasteiger partial charge in [-0.3, -0.25) is 13.9 Å². The summed E-state index contributed by atoms with van der Waals surface area (Å²) in [5, 5.41) is 3.47. The fourth-order valence-electron chi connectivity index (χ4n) is 5.13. The number of sulfonamides is 1. The molecular weight excluding hydrogens is 558 g/mol. The summed E-state index contributed by atoms with van der Waals surface area (Å²) in [5.74, 6) is -0.732. The molecule has 1 N–H and O–H groups in total. The van der Waals surface area contributed by atoms with E-state index in [9.17, 15) is 18.0 Å². The maximum absolute atomic E-state index is 14.1. The van der Waals surface area contributed by atoms with E-state index in [4.69, 9.17) is 11.6 Å². The lowest BCUT2D eigenvalue weighted by Gasteiger charge is -2.33. The van der Waals surface area contributed by atoms with Gasteiger partial charge in [-0.1, -0.05) is 85.0 Å². The Balaban J connectivity index is 1.69. The van der Waals surface area contributed by atoms with Crippen LogP contribution in [0.3, 0.4) is 0 Å². The van der Waals surface area contributed by atoms with Crippen molar-refractivity contribution < 1.29 is 18.0 Å². The van der Waals surface area contributed by atoms with Gasteiger partial charge in [-0.2, -0.15) is 0 Å². The number of carbonyl (C=O) groups is 2. The molecule has 0 heterocycles. The Labute approximate surface area is 248 Å². The number of nitrogens with one attached hydrogen (secondary N) is 1. The minimum Gasteiger partial charge on any atom is -0.352 e. The molecule has 0 saturated heterocycles. The third-order valence-electron chi connectivity index (χ3n) is 7.64. The van der Waals surface area contributed by atoms with Crippen molar-refractivity contribution in [2.45, 2.75) is 76.4 Å². The largest absolute Gasteiger partial charge is 0.352 e. The Morgan fingerprint density at radius 2 is 1.61 bits per heavy atom. The Morgan fingerprint density at radius 3 is 2.27 bits per heavy atom. The first kappa shape index (κ1) is 30.6. The molecule has 1 aliphatic carbocycles. The van der Waals surface area contributed by atoms with E-state index in [1.54, 1.807) is 50.2 Å². The second-order valence-corrected chi connectivity index (χ2v) is 13.1. The Hall–Kier alpha value is -3.36. The van der Waals surface area contributed by atoms with Crippen LogP contribution in [-0.4, -0.2) is 43.8 Å². The van der Waals surface area contributed by atoms with Crippen LogP contribution in [0.2, 0.25) is 5.02 Å². The molecule has 1 aliphatic rings. The van der Waals surface area contributed by atoms with Crippen LogP contribution in [0, 0.1) is 13.8 Å². The van der Waals surface area contributed by atoms with Crippen LogP contribution in [-0.2, 0) is 26.2 Å². The van der Waals surface area contributed by atoms with Crippen LogP contribution < -0.4 is 9.62 Å². The number of hydrogen-bond donors (Lipinski definition) is 1. The van der Waals surface area contributed by atoms with E-state index in [-0.39, 0.29) is 23.4 Å². The van der Waals surface area contributed by atoms with Crippen molar-refractivity contribution in [1.82, 2.24) is 10.2 Å². The average Bonchev–Trinajstić information content (AvgIpc) is 2.97. The molecule has 3 aromatic carbocycles. The van der Waals surface area contributed by atoms with E-state index in [1.807, 2.05) is 31.2 Å². The van der Waals surface area contributed by atoms with Crippen molar-refractivity contribution in [3.8, 4) is 0 Å². The maximum atomic E-state index is 14.1. The molecule has 1 fully saturated rings. The summed E-state index contributed by atoms with van der Waals surface area (Å²) in [5.41, 5.74) is 2.88. The lowest BCUT2D eigenvalue weighted by Crippen LogP contribution is -2.53. The summed E-state index contributed by atoms with van der Waals surface area (Å²) in [7, 11) is -4.14. The number of aryl methyl sites for hydroxylation is 2. The number of nitrogens with zero attached hydrogens (tertiary/aromatic N) is 2. The highest BCUT2D eigenvalue weighted by Gasteiger charge is 2.33. The first-order chi connectivity index (χ1) is 19.6. The lowest BCUT2D eigenvalue weighted by molar-refractivity contribution is -0.139. The molecule has 0 aromatic heterocycles. The topological polar surface area (TPSA) is 86.8 Å². The first-order valence-corrected chi connectivity index (χ1v) is 15.9.